The van der Waals surface area contributed by atoms with Crippen LogP contribution in [0.2, 0.25) is 5.02 Å². The summed E-state index contributed by atoms with van der Waals surface area (Å²) < 4.78 is 9.62. The average Bonchev–Trinajstić information content (AvgIpc) is 2.90. The monoisotopic (exact) mass is 367 g/mol. The molecule has 1 unspecified atom stereocenters. The van der Waals surface area contributed by atoms with Crippen LogP contribution in [0.1, 0.15) is 18.5 Å². The highest BCUT2D eigenvalue weighted by Crippen LogP contribution is 2.33. The average molecular weight is 369 g/mol. The van der Waals surface area contributed by atoms with Gasteiger partial charge in [-0.1, -0.05) is 39.7 Å². The highest BCUT2D eigenvalue weighted by Gasteiger charge is 2.13. The summed E-state index contributed by atoms with van der Waals surface area (Å²) in [5, 5.41) is 4.09. The summed E-state index contributed by atoms with van der Waals surface area (Å²) in [4.78, 5) is 0. The van der Waals surface area contributed by atoms with Gasteiger partial charge in [0.1, 0.15) is 11.0 Å². The molecule has 0 aliphatic rings. The molecule has 3 nitrogen and oxygen atoms in total. The van der Waals surface area contributed by atoms with Crippen molar-refractivity contribution in [1.82, 2.24) is 8.75 Å². The van der Waals surface area contributed by atoms with Crippen molar-refractivity contribution in [3.63, 3.8) is 0 Å². The zero-order valence-corrected chi connectivity index (χ0v) is 13.8. The highest BCUT2D eigenvalue weighted by molar-refractivity contribution is 9.10. The third-order valence-corrected chi connectivity index (χ3v) is 4.44. The minimum atomic E-state index is 0.123. The lowest BCUT2D eigenvalue weighted by molar-refractivity contribution is 0.885. The number of hydrogen-bond acceptors (Lipinski definition) is 4. The Kier molecular flexibility index (Phi) is 3.92. The van der Waals surface area contributed by atoms with Crippen molar-refractivity contribution < 1.29 is 0 Å². The summed E-state index contributed by atoms with van der Waals surface area (Å²) in [5.74, 6) is 0. The van der Waals surface area contributed by atoms with E-state index in [1.165, 1.54) is 17.3 Å². The minimum Gasteiger partial charge on any atom is -0.375 e. The van der Waals surface area contributed by atoms with Crippen molar-refractivity contribution in [3.05, 3.63) is 51.5 Å². The van der Waals surface area contributed by atoms with Crippen LogP contribution in [0.3, 0.4) is 0 Å². The smallest absolute Gasteiger partial charge is 0.129 e. The Labute approximate surface area is 134 Å². The fourth-order valence-electron chi connectivity index (χ4n) is 2.04. The van der Waals surface area contributed by atoms with Gasteiger partial charge in [-0.25, -0.2) is 0 Å². The third-order valence-electron chi connectivity index (χ3n) is 3.09. The van der Waals surface area contributed by atoms with E-state index in [4.69, 9.17) is 11.6 Å². The number of halogens is 2. The Morgan fingerprint density at radius 1 is 1.25 bits per heavy atom. The van der Waals surface area contributed by atoms with Gasteiger partial charge >= 0.3 is 0 Å². The predicted molar refractivity (Wildman–Crippen MR) is 88.6 cm³/mol. The summed E-state index contributed by atoms with van der Waals surface area (Å²) in [5.41, 5.74) is 3.70. The molecule has 20 heavy (non-hydrogen) atoms. The van der Waals surface area contributed by atoms with Crippen LogP contribution in [0.25, 0.3) is 11.0 Å². The van der Waals surface area contributed by atoms with E-state index in [1.54, 1.807) is 0 Å². The van der Waals surface area contributed by atoms with E-state index in [0.29, 0.717) is 5.02 Å². The zero-order valence-electron chi connectivity index (χ0n) is 10.6. The van der Waals surface area contributed by atoms with Gasteiger partial charge in [0.25, 0.3) is 0 Å². The standard InChI is InChI=1S/C14H11BrClN3S/c1-8(9-3-2-4-10(15)7-9)17-13-11(16)5-6-12-14(13)19-20-18-12/h2-8,17H,1H3. The van der Waals surface area contributed by atoms with E-state index in [9.17, 15) is 0 Å². The van der Waals surface area contributed by atoms with Gasteiger partial charge < -0.3 is 5.32 Å². The van der Waals surface area contributed by atoms with Crippen molar-refractivity contribution in [3.8, 4) is 0 Å². The summed E-state index contributed by atoms with van der Waals surface area (Å²) in [7, 11) is 0. The van der Waals surface area contributed by atoms with Crippen molar-refractivity contribution >= 4 is 56.0 Å². The normalized spacial score (nSPS) is 12.6. The fourth-order valence-corrected chi connectivity index (χ4v) is 3.21. The lowest BCUT2D eigenvalue weighted by atomic mass is 10.1. The first-order valence-corrected chi connectivity index (χ1v) is 7.98. The first-order valence-electron chi connectivity index (χ1n) is 6.08. The van der Waals surface area contributed by atoms with E-state index in [-0.39, 0.29) is 6.04 Å². The summed E-state index contributed by atoms with van der Waals surface area (Å²) in [6, 6.07) is 12.0. The minimum absolute atomic E-state index is 0.123. The number of hydrogen-bond donors (Lipinski definition) is 1. The molecule has 6 heteroatoms. The molecule has 3 aromatic rings. The fraction of sp³-hybridized carbons (Fsp3) is 0.143. The Morgan fingerprint density at radius 2 is 2.10 bits per heavy atom. The molecular formula is C14H11BrClN3S. The molecule has 0 bridgehead atoms. The molecule has 102 valence electrons. The van der Waals surface area contributed by atoms with Gasteiger partial charge in [-0.05, 0) is 36.8 Å². The maximum Gasteiger partial charge on any atom is 0.129 e. The summed E-state index contributed by atoms with van der Waals surface area (Å²) >= 11 is 11.0. The largest absolute Gasteiger partial charge is 0.375 e. The van der Waals surface area contributed by atoms with Crippen LogP contribution in [-0.4, -0.2) is 8.75 Å². The van der Waals surface area contributed by atoms with Crippen LogP contribution in [-0.2, 0) is 0 Å². The quantitative estimate of drug-likeness (QED) is 0.683. The third kappa shape index (κ3) is 2.66. The number of nitrogens with zero attached hydrogens (tertiary/aromatic N) is 2. The van der Waals surface area contributed by atoms with Crippen molar-refractivity contribution in [2.45, 2.75) is 13.0 Å². The van der Waals surface area contributed by atoms with Gasteiger partial charge in [0.05, 0.1) is 22.4 Å². The number of nitrogens with one attached hydrogen (secondary N) is 1. The summed E-state index contributed by atoms with van der Waals surface area (Å²) in [6.45, 7) is 2.09. The van der Waals surface area contributed by atoms with Gasteiger partial charge in [-0.2, -0.15) is 8.75 Å². The Bertz CT molecular complexity index is 759. The second-order valence-corrected chi connectivity index (χ2v) is 6.33. The molecule has 1 heterocycles. The SMILES string of the molecule is CC(Nc1c(Cl)ccc2nsnc12)c1cccc(Br)c1. The van der Waals surface area contributed by atoms with E-state index in [1.807, 2.05) is 24.3 Å². The molecular weight excluding hydrogens is 358 g/mol. The van der Waals surface area contributed by atoms with Gasteiger partial charge in [-0.15, -0.1) is 0 Å². The van der Waals surface area contributed by atoms with Gasteiger partial charge in [0.15, 0.2) is 0 Å². The Hall–Kier alpha value is -1.17. The summed E-state index contributed by atoms with van der Waals surface area (Å²) in [6.07, 6.45) is 0. The van der Waals surface area contributed by atoms with Crippen LogP contribution in [0.15, 0.2) is 40.9 Å². The first-order chi connectivity index (χ1) is 9.65. The van der Waals surface area contributed by atoms with Crippen LogP contribution >= 0.6 is 39.3 Å². The van der Waals surface area contributed by atoms with E-state index >= 15 is 0 Å². The molecule has 1 N–H and O–H groups in total. The second-order valence-electron chi connectivity index (χ2n) is 4.48. The maximum absolute atomic E-state index is 6.29. The molecule has 0 fully saturated rings. The van der Waals surface area contributed by atoms with Crippen LogP contribution < -0.4 is 5.32 Å². The number of benzene rings is 2. The molecule has 0 amide bonds. The highest BCUT2D eigenvalue weighted by atomic mass is 79.9. The first kappa shape index (κ1) is 13.8. The second kappa shape index (κ2) is 5.68. The molecule has 1 atom stereocenters. The van der Waals surface area contributed by atoms with Gasteiger partial charge in [-0.3, -0.25) is 0 Å². The molecule has 1 aromatic heterocycles. The number of aromatic nitrogens is 2. The molecule has 0 spiro atoms. The van der Waals surface area contributed by atoms with E-state index < -0.39 is 0 Å². The predicted octanol–water partition coefficient (Wildman–Crippen LogP) is 5.28. The molecule has 3 rings (SSSR count). The van der Waals surface area contributed by atoms with E-state index in [0.717, 1.165) is 21.2 Å². The number of anilines is 1. The van der Waals surface area contributed by atoms with Crippen molar-refractivity contribution in [2.24, 2.45) is 0 Å². The van der Waals surface area contributed by atoms with E-state index in [2.05, 4.69) is 49.1 Å². The topological polar surface area (TPSA) is 37.8 Å². The Balaban J connectivity index is 1.96. The van der Waals surface area contributed by atoms with Crippen molar-refractivity contribution in [1.29, 1.82) is 0 Å². The molecule has 2 aromatic carbocycles. The molecule has 0 saturated heterocycles. The lowest BCUT2D eigenvalue weighted by Gasteiger charge is -2.17. The van der Waals surface area contributed by atoms with Crippen LogP contribution in [0, 0.1) is 0 Å². The number of fused-ring (bicyclic) bond motifs is 1. The molecule has 0 saturated carbocycles. The lowest BCUT2D eigenvalue weighted by Crippen LogP contribution is -2.07. The van der Waals surface area contributed by atoms with Gasteiger partial charge in [0, 0.05) is 10.5 Å². The maximum atomic E-state index is 6.29. The van der Waals surface area contributed by atoms with Crippen LogP contribution in [0.4, 0.5) is 5.69 Å². The van der Waals surface area contributed by atoms with Crippen LogP contribution in [0.5, 0.6) is 0 Å². The molecule has 0 aliphatic carbocycles. The van der Waals surface area contributed by atoms with Crippen molar-refractivity contribution in [2.75, 3.05) is 5.32 Å². The van der Waals surface area contributed by atoms with Gasteiger partial charge in [0.2, 0.25) is 0 Å². The zero-order chi connectivity index (χ0) is 14.1. The molecule has 0 aliphatic heterocycles. The molecule has 0 radical (unpaired) electrons. The Morgan fingerprint density at radius 3 is 2.90 bits per heavy atom. The number of rotatable bonds is 3.